The zero-order valence-corrected chi connectivity index (χ0v) is 11.5. The topological polar surface area (TPSA) is 38.0 Å². The molecule has 0 atom stereocenters. The van der Waals surface area contributed by atoms with E-state index >= 15 is 0 Å². The summed E-state index contributed by atoms with van der Waals surface area (Å²) in [5.41, 5.74) is 9.10. The Labute approximate surface area is 111 Å². The number of rotatable bonds is 8. The van der Waals surface area contributed by atoms with Crippen molar-refractivity contribution >= 4 is 0 Å². The molecule has 1 saturated carbocycles. The molecule has 0 spiro atoms. The molecule has 0 saturated heterocycles. The first-order valence-electron chi connectivity index (χ1n) is 7.27. The highest BCUT2D eigenvalue weighted by molar-refractivity contribution is 5.27. The van der Waals surface area contributed by atoms with Crippen LogP contribution in [0.2, 0.25) is 0 Å². The van der Waals surface area contributed by atoms with Gasteiger partial charge in [0.2, 0.25) is 0 Å². The van der Waals surface area contributed by atoms with Gasteiger partial charge in [0, 0.05) is 13.1 Å². The number of benzene rings is 1. The van der Waals surface area contributed by atoms with Crippen LogP contribution in [0, 0.1) is 5.41 Å². The summed E-state index contributed by atoms with van der Waals surface area (Å²) in [6, 6.07) is 8.64. The first kappa shape index (κ1) is 13.6. The molecule has 2 rings (SSSR count). The molecule has 0 aliphatic heterocycles. The molecule has 0 amide bonds. The third-order valence-electron chi connectivity index (χ3n) is 4.08. The van der Waals surface area contributed by atoms with E-state index in [1.54, 1.807) is 0 Å². The van der Waals surface area contributed by atoms with Gasteiger partial charge in [-0.3, -0.25) is 0 Å². The van der Waals surface area contributed by atoms with Crippen molar-refractivity contribution in [1.29, 1.82) is 0 Å². The predicted octanol–water partition coefficient (Wildman–Crippen LogP) is 2.86. The highest BCUT2D eigenvalue weighted by Crippen LogP contribution is 2.48. The highest BCUT2D eigenvalue weighted by Gasteiger charge is 2.40. The van der Waals surface area contributed by atoms with Crippen molar-refractivity contribution in [3.8, 4) is 0 Å². The Kier molecular flexibility index (Phi) is 4.79. The Morgan fingerprint density at radius 3 is 2.56 bits per heavy atom. The molecule has 18 heavy (non-hydrogen) atoms. The van der Waals surface area contributed by atoms with Gasteiger partial charge in [0.15, 0.2) is 0 Å². The van der Waals surface area contributed by atoms with Crippen LogP contribution in [0.1, 0.15) is 43.7 Å². The molecular weight excluding hydrogens is 220 g/mol. The molecule has 0 unspecified atom stereocenters. The van der Waals surface area contributed by atoms with E-state index in [4.69, 9.17) is 5.73 Å². The van der Waals surface area contributed by atoms with E-state index in [0.717, 1.165) is 19.5 Å². The zero-order valence-electron chi connectivity index (χ0n) is 11.5. The minimum absolute atomic E-state index is 0.636. The van der Waals surface area contributed by atoms with Gasteiger partial charge in [0.1, 0.15) is 0 Å². The molecule has 1 aromatic carbocycles. The van der Waals surface area contributed by atoms with E-state index in [1.807, 2.05) is 0 Å². The van der Waals surface area contributed by atoms with Gasteiger partial charge >= 0.3 is 0 Å². The molecule has 3 N–H and O–H groups in total. The SMILES string of the molecule is CCCC1(CNCc2ccccc2CCN)CC1. The van der Waals surface area contributed by atoms with Crippen LogP contribution < -0.4 is 11.1 Å². The van der Waals surface area contributed by atoms with E-state index in [9.17, 15) is 0 Å². The van der Waals surface area contributed by atoms with Crippen molar-refractivity contribution in [2.75, 3.05) is 13.1 Å². The highest BCUT2D eigenvalue weighted by atomic mass is 14.9. The molecule has 0 radical (unpaired) electrons. The van der Waals surface area contributed by atoms with Crippen molar-refractivity contribution < 1.29 is 0 Å². The summed E-state index contributed by atoms with van der Waals surface area (Å²) >= 11 is 0. The molecule has 0 bridgehead atoms. The fourth-order valence-corrected chi connectivity index (χ4v) is 2.81. The standard InChI is InChI=1S/C16H26N2/c1-2-8-16(9-10-16)13-18-12-15-6-4-3-5-14(15)7-11-17/h3-6,18H,2,7-13,17H2,1H3. The molecule has 1 aliphatic carbocycles. The smallest absolute Gasteiger partial charge is 0.0208 e. The third-order valence-corrected chi connectivity index (χ3v) is 4.08. The summed E-state index contributed by atoms with van der Waals surface area (Å²) in [4.78, 5) is 0. The maximum atomic E-state index is 5.66. The van der Waals surface area contributed by atoms with Crippen LogP contribution >= 0.6 is 0 Å². The Morgan fingerprint density at radius 1 is 1.22 bits per heavy atom. The van der Waals surface area contributed by atoms with Gasteiger partial charge in [-0.1, -0.05) is 37.6 Å². The van der Waals surface area contributed by atoms with Crippen LogP contribution in [0.5, 0.6) is 0 Å². The minimum Gasteiger partial charge on any atom is -0.330 e. The predicted molar refractivity (Wildman–Crippen MR) is 77.5 cm³/mol. The van der Waals surface area contributed by atoms with Crippen molar-refractivity contribution in [3.05, 3.63) is 35.4 Å². The Hall–Kier alpha value is -0.860. The second-order valence-corrected chi connectivity index (χ2v) is 5.66. The quantitative estimate of drug-likeness (QED) is 0.740. The maximum Gasteiger partial charge on any atom is 0.0208 e. The second kappa shape index (κ2) is 6.35. The lowest BCUT2D eigenvalue weighted by Gasteiger charge is -2.16. The lowest BCUT2D eigenvalue weighted by molar-refractivity contribution is 0.420. The summed E-state index contributed by atoms with van der Waals surface area (Å²) in [5, 5.41) is 3.65. The largest absolute Gasteiger partial charge is 0.330 e. The van der Waals surface area contributed by atoms with Gasteiger partial charge < -0.3 is 11.1 Å². The Bertz CT molecular complexity index is 369. The number of nitrogens with two attached hydrogens (primary N) is 1. The van der Waals surface area contributed by atoms with Crippen molar-refractivity contribution in [2.45, 2.75) is 45.6 Å². The molecule has 0 aromatic heterocycles. The van der Waals surface area contributed by atoms with Gasteiger partial charge in [-0.2, -0.15) is 0 Å². The van der Waals surface area contributed by atoms with Gasteiger partial charge in [0.05, 0.1) is 0 Å². The minimum atomic E-state index is 0.636. The van der Waals surface area contributed by atoms with Crippen molar-refractivity contribution in [1.82, 2.24) is 5.32 Å². The average Bonchev–Trinajstić information content (AvgIpc) is 3.12. The van der Waals surface area contributed by atoms with Crippen LogP contribution in [0.15, 0.2) is 24.3 Å². The molecule has 2 nitrogen and oxygen atoms in total. The maximum absolute atomic E-state index is 5.66. The van der Waals surface area contributed by atoms with Crippen LogP contribution in [-0.4, -0.2) is 13.1 Å². The summed E-state index contributed by atoms with van der Waals surface area (Å²) in [6.45, 7) is 5.19. The number of hydrogen-bond donors (Lipinski definition) is 2. The fourth-order valence-electron chi connectivity index (χ4n) is 2.81. The van der Waals surface area contributed by atoms with E-state index in [-0.39, 0.29) is 0 Å². The zero-order chi connectivity index (χ0) is 12.8. The number of nitrogens with one attached hydrogen (secondary N) is 1. The molecule has 1 fully saturated rings. The second-order valence-electron chi connectivity index (χ2n) is 5.66. The van der Waals surface area contributed by atoms with Gasteiger partial charge in [-0.15, -0.1) is 0 Å². The van der Waals surface area contributed by atoms with Crippen LogP contribution in [0.25, 0.3) is 0 Å². The molecule has 100 valence electrons. The van der Waals surface area contributed by atoms with Gasteiger partial charge in [-0.05, 0) is 48.8 Å². The molecule has 0 heterocycles. The third kappa shape index (κ3) is 3.56. The summed E-state index contributed by atoms with van der Waals surface area (Å²) < 4.78 is 0. The van der Waals surface area contributed by atoms with Crippen LogP contribution in [0.3, 0.4) is 0 Å². The Balaban J connectivity index is 1.83. The first-order valence-corrected chi connectivity index (χ1v) is 7.27. The van der Waals surface area contributed by atoms with E-state index in [2.05, 4.69) is 36.5 Å². The summed E-state index contributed by atoms with van der Waals surface area (Å²) in [7, 11) is 0. The van der Waals surface area contributed by atoms with Gasteiger partial charge in [0.25, 0.3) is 0 Å². The van der Waals surface area contributed by atoms with Gasteiger partial charge in [-0.25, -0.2) is 0 Å². The summed E-state index contributed by atoms with van der Waals surface area (Å²) in [5.74, 6) is 0. The molecule has 1 aliphatic rings. The van der Waals surface area contributed by atoms with Crippen molar-refractivity contribution in [3.63, 3.8) is 0 Å². The number of hydrogen-bond acceptors (Lipinski definition) is 2. The Morgan fingerprint density at radius 2 is 1.94 bits per heavy atom. The van der Waals surface area contributed by atoms with E-state index < -0.39 is 0 Å². The summed E-state index contributed by atoms with van der Waals surface area (Å²) in [6.07, 6.45) is 6.50. The lowest BCUT2D eigenvalue weighted by Crippen LogP contribution is -2.24. The monoisotopic (exact) mass is 246 g/mol. The van der Waals surface area contributed by atoms with Crippen molar-refractivity contribution in [2.24, 2.45) is 11.1 Å². The molecule has 1 aromatic rings. The lowest BCUT2D eigenvalue weighted by atomic mass is 10.00. The van der Waals surface area contributed by atoms with Crippen LogP contribution in [-0.2, 0) is 13.0 Å². The normalized spacial score (nSPS) is 16.8. The van der Waals surface area contributed by atoms with Crippen LogP contribution in [0.4, 0.5) is 0 Å². The van der Waals surface area contributed by atoms with E-state index in [0.29, 0.717) is 5.41 Å². The molecule has 2 heteroatoms. The van der Waals surface area contributed by atoms with E-state index in [1.165, 1.54) is 43.4 Å². The fraction of sp³-hybridized carbons (Fsp3) is 0.625. The first-order chi connectivity index (χ1) is 8.79. The molecular formula is C16H26N2. The average molecular weight is 246 g/mol.